The molecule has 0 aliphatic rings. The number of ether oxygens (including phenoxy) is 1. The maximum absolute atomic E-state index is 12.4. The number of hydrogen-bond acceptors (Lipinski definition) is 7. The number of rotatable bonds is 16. The molecule has 0 aliphatic heterocycles. The highest BCUT2D eigenvalue weighted by Crippen LogP contribution is 2.11. The molecular weight excluding hydrogens is 512 g/mol. The fourth-order valence-corrected chi connectivity index (χ4v) is 3.37. The number of amides is 4. The quantitative estimate of drug-likeness (QED) is 0.101. The van der Waals surface area contributed by atoms with Crippen molar-refractivity contribution in [3.8, 4) is 0 Å². The standard InChI is InChI=1S/C26H32N4O7S/c31-22(13-28-26(36)21(10-11-25(34)35)30-23(32)14-27-24(33)16-38)29-17-37-15-20-8-6-19(7-9-20)12-18-4-2-1-3-5-18/h1-9,21,38H,10-17H2,(H,27,33)(H,28,36)(H,29,31)(H,30,32)(H,34,35). The molecule has 0 radical (unpaired) electrons. The van der Waals surface area contributed by atoms with Crippen LogP contribution in [0, 0.1) is 0 Å². The molecule has 0 heterocycles. The molecule has 2 aromatic carbocycles. The zero-order valence-electron chi connectivity index (χ0n) is 20.8. The van der Waals surface area contributed by atoms with Crippen LogP contribution in [0.2, 0.25) is 0 Å². The van der Waals surface area contributed by atoms with Gasteiger partial charge < -0.3 is 31.1 Å². The molecule has 0 saturated heterocycles. The number of aliphatic carboxylic acids is 1. The summed E-state index contributed by atoms with van der Waals surface area (Å²) in [6.07, 6.45) is 0.258. The van der Waals surface area contributed by atoms with E-state index >= 15 is 0 Å². The normalized spacial score (nSPS) is 11.2. The van der Waals surface area contributed by atoms with Crippen molar-refractivity contribution in [2.24, 2.45) is 0 Å². The Balaban J connectivity index is 1.70. The van der Waals surface area contributed by atoms with E-state index in [1.54, 1.807) is 0 Å². The molecule has 0 spiro atoms. The molecule has 1 atom stereocenters. The second-order valence-electron chi connectivity index (χ2n) is 8.28. The Bertz CT molecular complexity index is 1080. The first kappa shape index (κ1) is 30.3. The van der Waals surface area contributed by atoms with Crippen molar-refractivity contribution < 1.29 is 33.8 Å². The topological polar surface area (TPSA) is 163 Å². The van der Waals surface area contributed by atoms with Crippen molar-refractivity contribution in [2.75, 3.05) is 25.6 Å². The van der Waals surface area contributed by atoms with Gasteiger partial charge >= 0.3 is 5.97 Å². The molecule has 0 aliphatic carbocycles. The van der Waals surface area contributed by atoms with Gasteiger partial charge in [-0.2, -0.15) is 12.6 Å². The molecule has 0 saturated carbocycles. The van der Waals surface area contributed by atoms with Crippen LogP contribution in [0.4, 0.5) is 0 Å². The minimum absolute atomic E-state index is 0.0789. The fourth-order valence-electron chi connectivity index (χ4n) is 3.26. The molecule has 0 aromatic heterocycles. The lowest BCUT2D eigenvalue weighted by atomic mass is 10.0. The van der Waals surface area contributed by atoms with Crippen molar-refractivity contribution in [3.63, 3.8) is 0 Å². The Labute approximate surface area is 226 Å². The van der Waals surface area contributed by atoms with Crippen LogP contribution in [0.15, 0.2) is 54.6 Å². The molecule has 0 fully saturated rings. The van der Waals surface area contributed by atoms with E-state index in [1.165, 1.54) is 11.1 Å². The average Bonchev–Trinajstić information content (AvgIpc) is 2.92. The molecule has 2 rings (SSSR count). The van der Waals surface area contributed by atoms with Gasteiger partial charge in [-0.1, -0.05) is 54.6 Å². The van der Waals surface area contributed by atoms with E-state index in [0.29, 0.717) is 0 Å². The first-order valence-electron chi connectivity index (χ1n) is 11.9. The van der Waals surface area contributed by atoms with Crippen molar-refractivity contribution in [3.05, 3.63) is 71.3 Å². The Hall–Kier alpha value is -3.90. The third-order valence-electron chi connectivity index (χ3n) is 5.23. The van der Waals surface area contributed by atoms with Crippen LogP contribution in [-0.4, -0.2) is 66.3 Å². The number of carbonyl (C=O) groups excluding carboxylic acids is 4. The number of carbonyl (C=O) groups is 5. The average molecular weight is 545 g/mol. The predicted molar refractivity (Wildman–Crippen MR) is 142 cm³/mol. The Morgan fingerprint density at radius 1 is 0.789 bits per heavy atom. The second kappa shape index (κ2) is 16.8. The summed E-state index contributed by atoms with van der Waals surface area (Å²) >= 11 is 3.77. The van der Waals surface area contributed by atoms with Crippen LogP contribution in [-0.2, 0) is 41.7 Å². The van der Waals surface area contributed by atoms with Crippen LogP contribution in [0.3, 0.4) is 0 Å². The van der Waals surface area contributed by atoms with Gasteiger partial charge in [-0.15, -0.1) is 0 Å². The zero-order valence-corrected chi connectivity index (χ0v) is 21.7. The van der Waals surface area contributed by atoms with E-state index in [-0.39, 0.29) is 31.9 Å². The summed E-state index contributed by atoms with van der Waals surface area (Å²) in [7, 11) is 0. The molecule has 1 unspecified atom stereocenters. The van der Waals surface area contributed by atoms with Crippen LogP contribution < -0.4 is 21.3 Å². The number of nitrogens with one attached hydrogen (secondary N) is 4. The summed E-state index contributed by atoms with van der Waals surface area (Å²) < 4.78 is 5.47. The van der Waals surface area contributed by atoms with Gasteiger partial charge in [0.1, 0.15) is 12.8 Å². The summed E-state index contributed by atoms with van der Waals surface area (Å²) in [4.78, 5) is 58.6. The van der Waals surface area contributed by atoms with E-state index in [4.69, 9.17) is 9.84 Å². The highest BCUT2D eigenvalue weighted by molar-refractivity contribution is 7.81. The number of carboxylic acids is 1. The van der Waals surface area contributed by atoms with Crippen LogP contribution in [0.1, 0.15) is 29.5 Å². The third kappa shape index (κ3) is 12.4. The molecule has 204 valence electrons. The number of hydrogen-bond donors (Lipinski definition) is 6. The first-order chi connectivity index (χ1) is 18.3. The SMILES string of the molecule is O=C(O)CCC(NC(=O)CNC(=O)CS)C(=O)NCC(=O)NCOCc1ccc(Cc2ccccc2)cc1. The maximum atomic E-state index is 12.4. The summed E-state index contributed by atoms with van der Waals surface area (Å²) in [5, 5.41) is 18.4. The minimum atomic E-state index is -1.19. The van der Waals surface area contributed by atoms with Gasteiger partial charge in [0.25, 0.3) is 0 Å². The smallest absolute Gasteiger partial charge is 0.303 e. The molecular formula is C26H32N4O7S. The van der Waals surface area contributed by atoms with E-state index in [2.05, 4.69) is 46.0 Å². The van der Waals surface area contributed by atoms with Gasteiger partial charge in [-0.05, 0) is 29.5 Å². The van der Waals surface area contributed by atoms with Crippen molar-refractivity contribution in [1.29, 1.82) is 0 Å². The Morgan fingerprint density at radius 2 is 1.42 bits per heavy atom. The first-order valence-corrected chi connectivity index (χ1v) is 12.5. The lowest BCUT2D eigenvalue weighted by molar-refractivity contribution is -0.138. The summed E-state index contributed by atoms with van der Waals surface area (Å²) in [6, 6.07) is 16.9. The summed E-state index contributed by atoms with van der Waals surface area (Å²) in [6.45, 7) is -0.591. The van der Waals surface area contributed by atoms with Crippen molar-refractivity contribution >= 4 is 42.2 Å². The monoisotopic (exact) mass is 544 g/mol. The van der Waals surface area contributed by atoms with E-state index < -0.39 is 48.7 Å². The van der Waals surface area contributed by atoms with Gasteiger partial charge in [-0.3, -0.25) is 24.0 Å². The third-order valence-corrected chi connectivity index (χ3v) is 5.51. The molecule has 38 heavy (non-hydrogen) atoms. The van der Waals surface area contributed by atoms with Gasteiger partial charge in [0, 0.05) is 6.42 Å². The lowest BCUT2D eigenvalue weighted by Crippen LogP contribution is -2.51. The lowest BCUT2D eigenvalue weighted by Gasteiger charge is -2.18. The van der Waals surface area contributed by atoms with E-state index in [9.17, 15) is 24.0 Å². The van der Waals surface area contributed by atoms with Crippen LogP contribution >= 0.6 is 12.6 Å². The Kier molecular flexibility index (Phi) is 13.4. The summed E-state index contributed by atoms with van der Waals surface area (Å²) in [5.74, 6) is -3.68. The zero-order chi connectivity index (χ0) is 27.8. The second-order valence-corrected chi connectivity index (χ2v) is 8.59. The van der Waals surface area contributed by atoms with Gasteiger partial charge in [0.05, 0.1) is 25.4 Å². The number of benzene rings is 2. The van der Waals surface area contributed by atoms with Crippen molar-refractivity contribution in [2.45, 2.75) is 31.9 Å². The largest absolute Gasteiger partial charge is 0.481 e. The number of thiol groups is 1. The summed E-state index contributed by atoms with van der Waals surface area (Å²) in [5.41, 5.74) is 3.33. The Morgan fingerprint density at radius 3 is 2.08 bits per heavy atom. The molecule has 2 aromatic rings. The maximum Gasteiger partial charge on any atom is 0.303 e. The number of carboxylic acid groups (broad SMARTS) is 1. The molecule has 0 bridgehead atoms. The molecule has 12 heteroatoms. The molecule has 4 amide bonds. The molecule has 11 nitrogen and oxygen atoms in total. The minimum Gasteiger partial charge on any atom is -0.481 e. The molecule has 5 N–H and O–H groups in total. The predicted octanol–water partition coefficient (Wildman–Crippen LogP) is 0.380. The van der Waals surface area contributed by atoms with E-state index in [1.807, 2.05) is 42.5 Å². The van der Waals surface area contributed by atoms with Gasteiger partial charge in [0.2, 0.25) is 23.6 Å². The van der Waals surface area contributed by atoms with Gasteiger partial charge in [-0.25, -0.2) is 0 Å². The van der Waals surface area contributed by atoms with Crippen molar-refractivity contribution in [1.82, 2.24) is 21.3 Å². The van der Waals surface area contributed by atoms with Crippen LogP contribution in [0.25, 0.3) is 0 Å². The van der Waals surface area contributed by atoms with Gasteiger partial charge in [0.15, 0.2) is 0 Å². The fraction of sp³-hybridized carbons (Fsp3) is 0.346. The highest BCUT2D eigenvalue weighted by Gasteiger charge is 2.22. The van der Waals surface area contributed by atoms with E-state index in [0.717, 1.165) is 12.0 Å². The van der Waals surface area contributed by atoms with Crippen LogP contribution in [0.5, 0.6) is 0 Å². The highest BCUT2D eigenvalue weighted by atomic mass is 32.1.